The van der Waals surface area contributed by atoms with Gasteiger partial charge in [-0.2, -0.15) is 0 Å². The molecule has 1 aliphatic carbocycles. The van der Waals surface area contributed by atoms with E-state index < -0.39 is 0 Å². The highest BCUT2D eigenvalue weighted by Crippen LogP contribution is 2.37. The average molecular weight is 404 g/mol. The number of aryl methyl sites for hydroxylation is 1. The predicted octanol–water partition coefficient (Wildman–Crippen LogP) is 5.38. The number of methoxy groups -OCH3 is 1. The fraction of sp³-hybridized carbons (Fsp3) is 0.429. The molecule has 0 aliphatic heterocycles. The highest BCUT2D eigenvalue weighted by Gasteiger charge is 2.19. The minimum absolute atomic E-state index is 0.538. The van der Waals surface area contributed by atoms with E-state index in [4.69, 9.17) is 9.47 Å². The van der Waals surface area contributed by atoms with Gasteiger partial charge < -0.3 is 14.8 Å². The first kappa shape index (κ1) is 18.3. The fourth-order valence-corrected chi connectivity index (χ4v) is 3.82. The van der Waals surface area contributed by atoms with E-state index in [0.29, 0.717) is 12.6 Å². The van der Waals surface area contributed by atoms with E-state index in [2.05, 4.69) is 46.4 Å². The number of hydrogen-bond acceptors (Lipinski definition) is 3. The van der Waals surface area contributed by atoms with Gasteiger partial charge in [-0.1, -0.05) is 53.0 Å². The summed E-state index contributed by atoms with van der Waals surface area (Å²) in [6.07, 6.45) is 5.18. The minimum Gasteiger partial charge on any atom is -0.493 e. The molecule has 1 fully saturated rings. The molecule has 0 saturated heterocycles. The highest BCUT2D eigenvalue weighted by molar-refractivity contribution is 9.10. The van der Waals surface area contributed by atoms with Gasteiger partial charge in [0, 0.05) is 22.6 Å². The minimum atomic E-state index is 0.538. The molecule has 25 heavy (non-hydrogen) atoms. The summed E-state index contributed by atoms with van der Waals surface area (Å²) >= 11 is 3.69. The maximum Gasteiger partial charge on any atom is 0.167 e. The third-order valence-electron chi connectivity index (χ3n) is 4.94. The molecule has 2 aromatic rings. The second-order valence-corrected chi connectivity index (χ2v) is 7.49. The molecule has 0 atom stereocenters. The van der Waals surface area contributed by atoms with Gasteiger partial charge in [0.05, 0.1) is 7.11 Å². The lowest BCUT2D eigenvalue weighted by Crippen LogP contribution is -2.25. The standard InChI is InChI=1S/C21H26BrNO2/c1-15-7-3-4-8-16(15)14-25-21-18(13-23-17-9-5-6-10-17)19(22)11-12-20(21)24-2/h3-4,7-8,11-12,17,23H,5-6,9-10,13-14H2,1-2H3. The predicted molar refractivity (Wildman–Crippen MR) is 105 cm³/mol. The number of rotatable bonds is 7. The quantitative estimate of drug-likeness (QED) is 0.672. The third kappa shape index (κ3) is 4.56. The SMILES string of the molecule is COc1ccc(Br)c(CNC2CCCC2)c1OCc1ccccc1C. The Bertz CT molecular complexity index is 711. The van der Waals surface area contributed by atoms with E-state index >= 15 is 0 Å². The van der Waals surface area contributed by atoms with Crippen LogP contribution in [-0.4, -0.2) is 13.2 Å². The van der Waals surface area contributed by atoms with Crippen molar-refractivity contribution >= 4 is 15.9 Å². The Balaban J connectivity index is 1.79. The first-order valence-corrected chi connectivity index (χ1v) is 9.74. The molecular weight excluding hydrogens is 378 g/mol. The van der Waals surface area contributed by atoms with Crippen LogP contribution in [0, 0.1) is 6.92 Å². The first-order chi connectivity index (χ1) is 12.2. The molecule has 0 radical (unpaired) electrons. The van der Waals surface area contributed by atoms with Crippen molar-refractivity contribution in [2.45, 2.75) is 51.8 Å². The van der Waals surface area contributed by atoms with E-state index in [1.807, 2.05) is 18.2 Å². The Hall–Kier alpha value is -1.52. The molecule has 4 heteroatoms. The lowest BCUT2D eigenvalue weighted by atomic mass is 10.1. The van der Waals surface area contributed by atoms with Crippen LogP contribution >= 0.6 is 15.9 Å². The molecule has 0 amide bonds. The van der Waals surface area contributed by atoms with Gasteiger partial charge in [-0.15, -0.1) is 0 Å². The van der Waals surface area contributed by atoms with Crippen LogP contribution in [-0.2, 0) is 13.2 Å². The van der Waals surface area contributed by atoms with Crippen molar-refractivity contribution in [3.63, 3.8) is 0 Å². The Kier molecular flexibility index (Phi) is 6.38. The van der Waals surface area contributed by atoms with Gasteiger partial charge in [-0.3, -0.25) is 0 Å². The van der Waals surface area contributed by atoms with Crippen LogP contribution in [0.15, 0.2) is 40.9 Å². The van der Waals surface area contributed by atoms with E-state index in [1.165, 1.54) is 36.8 Å². The summed E-state index contributed by atoms with van der Waals surface area (Å²) in [6, 6.07) is 12.9. The van der Waals surface area contributed by atoms with Crippen LogP contribution in [0.25, 0.3) is 0 Å². The molecule has 0 aromatic heterocycles. The summed E-state index contributed by atoms with van der Waals surface area (Å²) in [6.45, 7) is 3.43. The van der Waals surface area contributed by atoms with Gasteiger partial charge in [0.2, 0.25) is 0 Å². The van der Waals surface area contributed by atoms with E-state index in [0.717, 1.165) is 28.1 Å². The zero-order chi connectivity index (χ0) is 17.6. The summed E-state index contributed by atoms with van der Waals surface area (Å²) in [7, 11) is 1.69. The van der Waals surface area contributed by atoms with Crippen LogP contribution < -0.4 is 14.8 Å². The van der Waals surface area contributed by atoms with E-state index in [9.17, 15) is 0 Å². The summed E-state index contributed by atoms with van der Waals surface area (Å²) in [5, 5.41) is 3.67. The molecular formula is C21H26BrNO2. The topological polar surface area (TPSA) is 30.5 Å². The van der Waals surface area contributed by atoms with Crippen molar-refractivity contribution in [2.24, 2.45) is 0 Å². The zero-order valence-corrected chi connectivity index (χ0v) is 16.6. The highest BCUT2D eigenvalue weighted by atomic mass is 79.9. The summed E-state index contributed by atoms with van der Waals surface area (Å²) < 4.78 is 12.8. The smallest absolute Gasteiger partial charge is 0.167 e. The van der Waals surface area contributed by atoms with Crippen LogP contribution in [0.1, 0.15) is 42.4 Å². The maximum atomic E-state index is 6.23. The maximum absolute atomic E-state index is 6.23. The van der Waals surface area contributed by atoms with Crippen molar-refractivity contribution in [1.29, 1.82) is 0 Å². The van der Waals surface area contributed by atoms with E-state index in [1.54, 1.807) is 7.11 Å². The summed E-state index contributed by atoms with van der Waals surface area (Å²) in [5.41, 5.74) is 3.56. The van der Waals surface area contributed by atoms with Gasteiger partial charge in [-0.05, 0) is 43.0 Å². The van der Waals surface area contributed by atoms with Crippen LogP contribution in [0.5, 0.6) is 11.5 Å². The van der Waals surface area contributed by atoms with Crippen molar-refractivity contribution in [3.05, 3.63) is 57.6 Å². The van der Waals surface area contributed by atoms with Gasteiger partial charge in [0.15, 0.2) is 11.5 Å². The number of halogens is 1. The molecule has 1 aliphatic rings. The molecule has 3 nitrogen and oxygen atoms in total. The molecule has 1 saturated carbocycles. The number of benzene rings is 2. The van der Waals surface area contributed by atoms with Gasteiger partial charge in [-0.25, -0.2) is 0 Å². The second-order valence-electron chi connectivity index (χ2n) is 6.63. The largest absolute Gasteiger partial charge is 0.493 e. The third-order valence-corrected chi connectivity index (χ3v) is 5.69. The number of nitrogens with one attached hydrogen (secondary N) is 1. The van der Waals surface area contributed by atoms with Crippen molar-refractivity contribution in [3.8, 4) is 11.5 Å². The van der Waals surface area contributed by atoms with Crippen LogP contribution in [0.3, 0.4) is 0 Å². The van der Waals surface area contributed by atoms with Crippen LogP contribution in [0.2, 0.25) is 0 Å². The Morgan fingerprint density at radius 1 is 1.12 bits per heavy atom. The summed E-state index contributed by atoms with van der Waals surface area (Å²) in [5.74, 6) is 1.60. The first-order valence-electron chi connectivity index (χ1n) is 8.95. The Labute approximate surface area is 158 Å². The Morgan fingerprint density at radius 2 is 1.88 bits per heavy atom. The van der Waals surface area contributed by atoms with Gasteiger partial charge in [0.1, 0.15) is 6.61 Å². The molecule has 2 aromatic carbocycles. The number of ether oxygens (including phenoxy) is 2. The van der Waals surface area contributed by atoms with Crippen LogP contribution in [0.4, 0.5) is 0 Å². The second kappa shape index (κ2) is 8.72. The molecule has 0 unspecified atom stereocenters. The lowest BCUT2D eigenvalue weighted by molar-refractivity contribution is 0.279. The molecule has 0 spiro atoms. The molecule has 0 heterocycles. The molecule has 0 bridgehead atoms. The number of hydrogen-bond donors (Lipinski definition) is 1. The average Bonchev–Trinajstić information content (AvgIpc) is 3.14. The van der Waals surface area contributed by atoms with E-state index in [-0.39, 0.29) is 0 Å². The van der Waals surface area contributed by atoms with Crippen molar-refractivity contribution in [2.75, 3.05) is 7.11 Å². The van der Waals surface area contributed by atoms with Gasteiger partial charge >= 0.3 is 0 Å². The Morgan fingerprint density at radius 3 is 2.60 bits per heavy atom. The normalized spacial score (nSPS) is 14.7. The molecule has 3 rings (SSSR count). The van der Waals surface area contributed by atoms with Crippen molar-refractivity contribution in [1.82, 2.24) is 5.32 Å². The zero-order valence-electron chi connectivity index (χ0n) is 15.0. The van der Waals surface area contributed by atoms with Gasteiger partial charge in [0.25, 0.3) is 0 Å². The molecule has 134 valence electrons. The molecule has 1 N–H and O–H groups in total. The lowest BCUT2D eigenvalue weighted by Gasteiger charge is -2.19. The summed E-state index contributed by atoms with van der Waals surface area (Å²) in [4.78, 5) is 0. The fourth-order valence-electron chi connectivity index (χ4n) is 3.36. The monoisotopic (exact) mass is 403 g/mol. The van der Waals surface area contributed by atoms with Crippen molar-refractivity contribution < 1.29 is 9.47 Å².